The van der Waals surface area contributed by atoms with E-state index in [0.29, 0.717) is 13.2 Å². The van der Waals surface area contributed by atoms with Crippen LogP contribution in [-0.2, 0) is 9.53 Å². The Hall–Kier alpha value is -0.820. The summed E-state index contributed by atoms with van der Waals surface area (Å²) >= 11 is 0. The third-order valence-electron chi connectivity index (χ3n) is 4.54. The fraction of sp³-hybridized carbons (Fsp3) is 0.750. The number of carbonyl (C=O) groups excluding carboxylic acids is 1. The smallest absolute Gasteiger partial charge is 0.244 e. The third-order valence-corrected chi connectivity index (χ3v) is 4.54. The molecule has 2 N–H and O–H groups in total. The van der Waals surface area contributed by atoms with Crippen molar-refractivity contribution >= 4 is 30.7 Å². The number of aryl methyl sites for hydroxylation is 2. The van der Waals surface area contributed by atoms with E-state index in [1.54, 1.807) is 11.8 Å². The van der Waals surface area contributed by atoms with Gasteiger partial charge in [0.2, 0.25) is 5.91 Å². The van der Waals surface area contributed by atoms with Crippen molar-refractivity contribution < 1.29 is 9.53 Å². The van der Waals surface area contributed by atoms with Gasteiger partial charge in [-0.2, -0.15) is 5.10 Å². The van der Waals surface area contributed by atoms with Gasteiger partial charge >= 0.3 is 0 Å². The van der Waals surface area contributed by atoms with E-state index in [9.17, 15) is 4.79 Å². The highest BCUT2D eigenvalue weighted by Gasteiger charge is 2.33. The molecule has 1 unspecified atom stereocenters. The van der Waals surface area contributed by atoms with Crippen LogP contribution in [0.15, 0.2) is 6.07 Å². The van der Waals surface area contributed by atoms with E-state index in [1.807, 2.05) is 26.8 Å². The van der Waals surface area contributed by atoms with Crippen molar-refractivity contribution in [2.24, 2.45) is 5.41 Å². The Morgan fingerprint density at radius 2 is 2.04 bits per heavy atom. The summed E-state index contributed by atoms with van der Waals surface area (Å²) in [5.74, 6) is 0.0141. The second kappa shape index (κ2) is 10.2. The summed E-state index contributed by atoms with van der Waals surface area (Å²) in [6, 6.07) is 1.69. The van der Waals surface area contributed by atoms with Crippen molar-refractivity contribution in [3.63, 3.8) is 0 Å². The minimum atomic E-state index is -0.296. The SMILES string of the molecule is COCC1(CNC(=O)C(C)n2nc(C)cc2C)CCNCC1.Cl.Cl. The molecule has 8 heteroatoms. The summed E-state index contributed by atoms with van der Waals surface area (Å²) in [6.45, 7) is 9.10. The van der Waals surface area contributed by atoms with Crippen LogP contribution in [0.3, 0.4) is 0 Å². The Balaban J connectivity index is 0.00000264. The van der Waals surface area contributed by atoms with Gasteiger partial charge in [-0.25, -0.2) is 0 Å². The molecule has 24 heavy (non-hydrogen) atoms. The van der Waals surface area contributed by atoms with Crippen molar-refractivity contribution in [1.82, 2.24) is 20.4 Å². The van der Waals surface area contributed by atoms with E-state index in [-0.39, 0.29) is 42.2 Å². The molecule has 1 amide bonds. The quantitative estimate of drug-likeness (QED) is 0.792. The van der Waals surface area contributed by atoms with Gasteiger partial charge in [0.15, 0.2) is 0 Å². The number of ether oxygens (including phenoxy) is 1. The standard InChI is InChI=1S/C16H28N4O2.2ClH/c1-12-9-13(2)20(19-12)14(3)15(21)18-10-16(11-22-4)5-7-17-8-6-16;;/h9,14,17H,5-8,10-11H2,1-4H3,(H,18,21);2*1H. The monoisotopic (exact) mass is 380 g/mol. The highest BCUT2D eigenvalue weighted by molar-refractivity contribution is 5.85. The highest BCUT2D eigenvalue weighted by atomic mass is 35.5. The lowest BCUT2D eigenvalue weighted by Gasteiger charge is -2.37. The Bertz CT molecular complexity index is 511. The maximum Gasteiger partial charge on any atom is 0.244 e. The van der Waals surface area contributed by atoms with Crippen LogP contribution in [0.2, 0.25) is 0 Å². The van der Waals surface area contributed by atoms with E-state index in [1.165, 1.54) is 0 Å². The average Bonchev–Trinajstić information content (AvgIpc) is 2.84. The zero-order valence-corrected chi connectivity index (χ0v) is 16.6. The number of aromatic nitrogens is 2. The lowest BCUT2D eigenvalue weighted by atomic mass is 9.79. The van der Waals surface area contributed by atoms with Crippen molar-refractivity contribution in [2.75, 3.05) is 33.4 Å². The topological polar surface area (TPSA) is 68.2 Å². The maximum atomic E-state index is 12.5. The lowest BCUT2D eigenvalue weighted by molar-refractivity contribution is -0.125. The summed E-state index contributed by atoms with van der Waals surface area (Å²) < 4.78 is 7.18. The molecule has 140 valence electrons. The molecule has 1 atom stereocenters. The summed E-state index contributed by atoms with van der Waals surface area (Å²) in [4.78, 5) is 12.5. The summed E-state index contributed by atoms with van der Waals surface area (Å²) in [5.41, 5.74) is 1.99. The molecule has 1 fully saturated rings. The van der Waals surface area contributed by atoms with Crippen LogP contribution in [0.4, 0.5) is 0 Å². The largest absolute Gasteiger partial charge is 0.384 e. The number of carbonyl (C=O) groups is 1. The van der Waals surface area contributed by atoms with Gasteiger partial charge in [-0.3, -0.25) is 9.48 Å². The Labute approximate surface area is 156 Å². The second-order valence-corrected chi connectivity index (χ2v) is 6.45. The fourth-order valence-electron chi connectivity index (χ4n) is 3.21. The zero-order chi connectivity index (χ0) is 16.2. The number of halogens is 2. The molecule has 1 aliphatic rings. The number of nitrogens with zero attached hydrogens (tertiary/aromatic N) is 2. The molecular weight excluding hydrogens is 351 g/mol. The minimum absolute atomic E-state index is 0. The van der Waals surface area contributed by atoms with Gasteiger partial charge in [-0.1, -0.05) is 0 Å². The van der Waals surface area contributed by atoms with Crippen LogP contribution in [0.5, 0.6) is 0 Å². The van der Waals surface area contributed by atoms with E-state index in [0.717, 1.165) is 37.3 Å². The van der Waals surface area contributed by atoms with Crippen LogP contribution in [0, 0.1) is 19.3 Å². The molecule has 0 saturated carbocycles. The maximum absolute atomic E-state index is 12.5. The van der Waals surface area contributed by atoms with Gasteiger partial charge in [0.05, 0.1) is 12.3 Å². The van der Waals surface area contributed by atoms with Gasteiger partial charge in [-0.05, 0) is 52.8 Å². The predicted molar refractivity (Wildman–Crippen MR) is 100 cm³/mol. The van der Waals surface area contributed by atoms with Crippen molar-refractivity contribution in [1.29, 1.82) is 0 Å². The molecule has 0 bridgehead atoms. The number of hydrogen-bond acceptors (Lipinski definition) is 4. The van der Waals surface area contributed by atoms with Crippen molar-refractivity contribution in [3.05, 3.63) is 17.5 Å². The first-order valence-corrected chi connectivity index (χ1v) is 7.97. The molecule has 0 radical (unpaired) electrons. The molecule has 0 aromatic carbocycles. The van der Waals surface area contributed by atoms with Crippen LogP contribution in [0.25, 0.3) is 0 Å². The molecule has 6 nitrogen and oxygen atoms in total. The molecule has 1 aromatic rings. The number of amides is 1. The van der Waals surface area contributed by atoms with Crippen molar-refractivity contribution in [3.8, 4) is 0 Å². The fourth-order valence-corrected chi connectivity index (χ4v) is 3.21. The van der Waals surface area contributed by atoms with Crippen LogP contribution in [0.1, 0.15) is 37.2 Å². The summed E-state index contributed by atoms with van der Waals surface area (Å²) in [7, 11) is 1.73. The first-order valence-electron chi connectivity index (χ1n) is 7.97. The van der Waals surface area contributed by atoms with Gasteiger partial charge in [0, 0.05) is 24.8 Å². The first kappa shape index (κ1) is 23.2. The van der Waals surface area contributed by atoms with E-state index in [2.05, 4.69) is 15.7 Å². The Kier molecular flexibility index (Phi) is 9.88. The molecular formula is C16H30Cl2N4O2. The van der Waals surface area contributed by atoms with E-state index < -0.39 is 0 Å². The van der Waals surface area contributed by atoms with Gasteiger partial charge in [-0.15, -0.1) is 24.8 Å². The zero-order valence-electron chi connectivity index (χ0n) is 14.9. The molecule has 0 aliphatic carbocycles. The molecule has 0 spiro atoms. The molecule has 1 saturated heterocycles. The highest BCUT2D eigenvalue weighted by Crippen LogP contribution is 2.28. The number of methoxy groups -OCH3 is 1. The number of rotatable bonds is 6. The summed E-state index contributed by atoms with van der Waals surface area (Å²) in [6.07, 6.45) is 2.05. The number of piperidine rings is 1. The van der Waals surface area contributed by atoms with Crippen LogP contribution >= 0.6 is 24.8 Å². The van der Waals surface area contributed by atoms with Crippen LogP contribution < -0.4 is 10.6 Å². The Morgan fingerprint density at radius 1 is 1.42 bits per heavy atom. The van der Waals surface area contributed by atoms with Gasteiger partial charge < -0.3 is 15.4 Å². The Morgan fingerprint density at radius 3 is 2.54 bits per heavy atom. The second-order valence-electron chi connectivity index (χ2n) is 6.45. The summed E-state index contributed by atoms with van der Waals surface area (Å²) in [5, 5.41) is 10.9. The number of hydrogen-bond donors (Lipinski definition) is 2. The minimum Gasteiger partial charge on any atom is -0.384 e. The molecule has 2 rings (SSSR count). The van der Waals surface area contributed by atoms with Crippen LogP contribution in [-0.4, -0.2) is 49.0 Å². The third kappa shape index (κ3) is 5.62. The van der Waals surface area contributed by atoms with Crippen molar-refractivity contribution in [2.45, 2.75) is 39.7 Å². The molecule has 2 heterocycles. The first-order chi connectivity index (χ1) is 10.5. The van der Waals surface area contributed by atoms with E-state index >= 15 is 0 Å². The number of nitrogens with one attached hydrogen (secondary N) is 2. The molecule has 1 aromatic heterocycles. The molecule has 1 aliphatic heterocycles. The van der Waals surface area contributed by atoms with E-state index in [4.69, 9.17) is 4.74 Å². The predicted octanol–water partition coefficient (Wildman–Crippen LogP) is 2.04. The lowest BCUT2D eigenvalue weighted by Crippen LogP contribution is -2.48. The normalized spacial score (nSPS) is 17.3. The van der Waals surface area contributed by atoms with Gasteiger partial charge in [0.25, 0.3) is 0 Å². The average molecular weight is 381 g/mol. The van der Waals surface area contributed by atoms with Gasteiger partial charge in [0.1, 0.15) is 6.04 Å².